The van der Waals surface area contributed by atoms with Gasteiger partial charge in [-0.25, -0.2) is 0 Å². The third-order valence-corrected chi connectivity index (χ3v) is 9.28. The minimum absolute atomic E-state index is 0.0273. The quantitative estimate of drug-likeness (QED) is 0.0212. The molecule has 0 amide bonds. The van der Waals surface area contributed by atoms with Crippen LogP contribution < -0.4 is 4.89 Å². The Balaban J connectivity index is 4.29. The van der Waals surface area contributed by atoms with E-state index in [1.54, 1.807) is 0 Å². The molecule has 0 aromatic carbocycles. The van der Waals surface area contributed by atoms with E-state index in [0.29, 0.717) is 24.1 Å². The van der Waals surface area contributed by atoms with Crippen molar-refractivity contribution in [1.82, 2.24) is 0 Å². The SMILES string of the molecule is CCCCC/C=C\CCCCCCCC(=O)OC(COCCCCCCCCCCCCCCC)COP(=O)([O-])OCC[N+](C)(C)C. The molecule has 0 N–H and O–H groups in total. The van der Waals surface area contributed by atoms with Crippen molar-refractivity contribution < 1.29 is 37.3 Å². The Morgan fingerprint density at radius 3 is 1.66 bits per heavy atom. The van der Waals surface area contributed by atoms with Crippen LogP contribution in [0.1, 0.15) is 168 Å². The highest BCUT2D eigenvalue weighted by molar-refractivity contribution is 7.45. The summed E-state index contributed by atoms with van der Waals surface area (Å²) in [6.45, 7) is 5.39. The fourth-order valence-electron chi connectivity index (χ4n) is 5.25. The molecule has 0 fully saturated rings. The number of phosphoric ester groups is 1. The predicted octanol–water partition coefficient (Wildman–Crippen LogP) is 10.1. The van der Waals surface area contributed by atoms with Gasteiger partial charge < -0.3 is 27.9 Å². The van der Waals surface area contributed by atoms with Gasteiger partial charge in [0.25, 0.3) is 7.82 Å². The molecule has 0 aromatic heterocycles. The van der Waals surface area contributed by atoms with E-state index in [-0.39, 0.29) is 25.8 Å². The topological polar surface area (TPSA) is 94.1 Å². The standard InChI is InChI=1S/C38H76NO7P/c1-6-8-10-12-14-16-18-20-22-24-26-28-30-33-43-35-37(36-45-47(41,42)44-34-32-39(3,4)5)46-38(40)31-29-27-25-23-21-19-17-15-13-11-9-7-2/h15,17,37H,6-14,16,18-36H2,1-5H3/b17-15-. The summed E-state index contributed by atoms with van der Waals surface area (Å²) in [7, 11) is 1.36. The maximum Gasteiger partial charge on any atom is 0.306 e. The van der Waals surface area contributed by atoms with Gasteiger partial charge in [-0.2, -0.15) is 0 Å². The van der Waals surface area contributed by atoms with Crippen LogP contribution in [0, 0.1) is 0 Å². The van der Waals surface area contributed by atoms with Gasteiger partial charge in [-0.3, -0.25) is 9.36 Å². The number of carbonyl (C=O) groups excluding carboxylic acids is 1. The second-order valence-corrected chi connectivity index (χ2v) is 15.7. The number of rotatable bonds is 36. The molecule has 0 radical (unpaired) electrons. The van der Waals surface area contributed by atoms with E-state index in [4.69, 9.17) is 18.5 Å². The molecule has 0 rings (SSSR count). The van der Waals surface area contributed by atoms with Crippen LogP contribution in [0.2, 0.25) is 0 Å². The van der Waals surface area contributed by atoms with Gasteiger partial charge in [-0.1, -0.05) is 135 Å². The summed E-state index contributed by atoms with van der Waals surface area (Å²) in [6, 6.07) is 0. The maximum absolute atomic E-state index is 12.6. The van der Waals surface area contributed by atoms with Crippen molar-refractivity contribution in [2.75, 3.05) is 54.1 Å². The molecule has 0 heterocycles. The molecule has 47 heavy (non-hydrogen) atoms. The van der Waals surface area contributed by atoms with Gasteiger partial charge in [0.15, 0.2) is 0 Å². The first-order valence-corrected chi connectivity index (χ1v) is 20.9. The molecule has 0 spiro atoms. The molecule has 0 aliphatic carbocycles. The van der Waals surface area contributed by atoms with Gasteiger partial charge in [-0.15, -0.1) is 0 Å². The fraction of sp³-hybridized carbons (Fsp3) is 0.921. The third-order valence-electron chi connectivity index (χ3n) is 8.32. The van der Waals surface area contributed by atoms with E-state index in [9.17, 15) is 14.3 Å². The van der Waals surface area contributed by atoms with Gasteiger partial charge in [0.1, 0.15) is 19.3 Å². The fourth-order valence-corrected chi connectivity index (χ4v) is 5.97. The lowest BCUT2D eigenvalue weighted by Gasteiger charge is -2.28. The number of phosphoric acid groups is 1. The summed E-state index contributed by atoms with van der Waals surface area (Å²) in [5, 5.41) is 0. The maximum atomic E-state index is 12.6. The zero-order valence-corrected chi connectivity index (χ0v) is 32.4. The highest BCUT2D eigenvalue weighted by atomic mass is 31.2. The first-order chi connectivity index (χ1) is 22.6. The number of carbonyl (C=O) groups is 1. The molecular formula is C38H76NO7P. The number of ether oxygens (including phenoxy) is 2. The van der Waals surface area contributed by atoms with Gasteiger partial charge in [0.2, 0.25) is 0 Å². The molecule has 0 bridgehead atoms. The predicted molar refractivity (Wildman–Crippen MR) is 194 cm³/mol. The van der Waals surface area contributed by atoms with Crippen molar-refractivity contribution in [2.45, 2.75) is 174 Å². The Bertz CT molecular complexity index is 772. The Labute approximate surface area is 290 Å². The molecule has 0 aliphatic heterocycles. The summed E-state index contributed by atoms with van der Waals surface area (Å²) in [6.07, 6.45) is 32.1. The Morgan fingerprint density at radius 1 is 0.638 bits per heavy atom. The van der Waals surface area contributed by atoms with Crippen LogP contribution >= 0.6 is 7.82 Å². The Hall–Kier alpha value is -0.760. The molecule has 0 saturated heterocycles. The van der Waals surface area contributed by atoms with Crippen LogP contribution in [0.25, 0.3) is 0 Å². The lowest BCUT2D eigenvalue weighted by molar-refractivity contribution is -0.870. The highest BCUT2D eigenvalue weighted by Crippen LogP contribution is 2.38. The van der Waals surface area contributed by atoms with E-state index in [1.165, 1.54) is 103 Å². The minimum atomic E-state index is -4.51. The van der Waals surface area contributed by atoms with Crippen molar-refractivity contribution >= 4 is 13.8 Å². The monoisotopic (exact) mass is 690 g/mol. The number of quaternary nitrogens is 1. The summed E-state index contributed by atoms with van der Waals surface area (Å²) in [5.41, 5.74) is 0. The molecular weight excluding hydrogens is 613 g/mol. The molecule has 0 aromatic rings. The lowest BCUT2D eigenvalue weighted by Crippen LogP contribution is -2.37. The summed E-state index contributed by atoms with van der Waals surface area (Å²) >= 11 is 0. The van der Waals surface area contributed by atoms with Crippen molar-refractivity contribution in [2.24, 2.45) is 0 Å². The largest absolute Gasteiger partial charge is 0.756 e. The van der Waals surface area contributed by atoms with E-state index >= 15 is 0 Å². The van der Waals surface area contributed by atoms with Crippen LogP contribution in [-0.2, 0) is 27.9 Å². The Morgan fingerprint density at radius 2 is 1.11 bits per heavy atom. The van der Waals surface area contributed by atoms with Crippen LogP contribution in [0.4, 0.5) is 0 Å². The van der Waals surface area contributed by atoms with E-state index in [2.05, 4.69) is 26.0 Å². The lowest BCUT2D eigenvalue weighted by atomic mass is 10.0. The molecule has 2 atom stereocenters. The highest BCUT2D eigenvalue weighted by Gasteiger charge is 2.20. The second-order valence-electron chi connectivity index (χ2n) is 14.3. The number of likely N-dealkylation sites (N-methyl/N-ethyl adjacent to an activating group) is 1. The normalized spacial score (nSPS) is 14.1. The van der Waals surface area contributed by atoms with Gasteiger partial charge in [0.05, 0.1) is 34.4 Å². The summed E-state index contributed by atoms with van der Waals surface area (Å²) in [4.78, 5) is 24.9. The number of esters is 1. The van der Waals surface area contributed by atoms with Crippen LogP contribution in [0.15, 0.2) is 12.2 Å². The first-order valence-electron chi connectivity index (χ1n) is 19.4. The van der Waals surface area contributed by atoms with Gasteiger partial charge in [-0.05, 0) is 38.5 Å². The average molecular weight is 690 g/mol. The molecule has 0 aliphatic rings. The van der Waals surface area contributed by atoms with Crippen molar-refractivity contribution in [1.29, 1.82) is 0 Å². The smallest absolute Gasteiger partial charge is 0.306 e. The number of allylic oxidation sites excluding steroid dienone is 2. The number of hydrogen-bond acceptors (Lipinski definition) is 7. The average Bonchev–Trinajstić information content (AvgIpc) is 3.01. The minimum Gasteiger partial charge on any atom is -0.756 e. The van der Waals surface area contributed by atoms with E-state index < -0.39 is 13.9 Å². The molecule has 280 valence electrons. The van der Waals surface area contributed by atoms with Crippen molar-refractivity contribution in [3.63, 3.8) is 0 Å². The number of hydrogen-bond donors (Lipinski definition) is 0. The van der Waals surface area contributed by atoms with Gasteiger partial charge >= 0.3 is 5.97 Å². The number of unbranched alkanes of at least 4 members (excludes halogenated alkanes) is 20. The van der Waals surface area contributed by atoms with Crippen LogP contribution in [0.3, 0.4) is 0 Å². The van der Waals surface area contributed by atoms with Crippen LogP contribution in [0.5, 0.6) is 0 Å². The zero-order chi connectivity index (χ0) is 34.9. The Kier molecular flexibility index (Phi) is 31.9. The van der Waals surface area contributed by atoms with Crippen molar-refractivity contribution in [3.05, 3.63) is 12.2 Å². The van der Waals surface area contributed by atoms with E-state index in [0.717, 1.165) is 44.9 Å². The molecule has 0 saturated carbocycles. The molecule has 9 heteroatoms. The van der Waals surface area contributed by atoms with Gasteiger partial charge in [0, 0.05) is 13.0 Å². The zero-order valence-electron chi connectivity index (χ0n) is 31.5. The summed E-state index contributed by atoms with van der Waals surface area (Å²) in [5.74, 6) is -0.343. The van der Waals surface area contributed by atoms with Crippen molar-refractivity contribution in [3.8, 4) is 0 Å². The first kappa shape index (κ1) is 46.2. The summed E-state index contributed by atoms with van der Waals surface area (Å²) < 4.78 is 34.4. The van der Waals surface area contributed by atoms with Crippen LogP contribution in [-0.4, -0.2) is 70.7 Å². The second kappa shape index (κ2) is 32.4. The molecule has 8 nitrogen and oxygen atoms in total. The number of nitrogens with zero attached hydrogens (tertiary/aromatic N) is 1. The van der Waals surface area contributed by atoms with E-state index in [1.807, 2.05) is 21.1 Å². The third kappa shape index (κ3) is 36.3. The molecule has 2 unspecified atom stereocenters.